The molecule has 1 saturated heterocycles. The van der Waals surface area contributed by atoms with Gasteiger partial charge in [-0.25, -0.2) is 9.59 Å². The first-order valence-corrected chi connectivity index (χ1v) is 36.7. The number of hydrogen-bond donors (Lipinski definition) is 2. The number of esters is 3. The number of amides is 1. The molecule has 3 aromatic rings. The predicted molar refractivity (Wildman–Crippen MR) is 376 cm³/mol. The maximum atomic E-state index is 13.7. The van der Waals surface area contributed by atoms with Crippen molar-refractivity contribution in [1.82, 2.24) is 39.1 Å². The molecule has 4 rings (SSSR count). The molecule has 1 fully saturated rings. The fourth-order valence-electron chi connectivity index (χ4n) is 11.8. The Morgan fingerprint density at radius 3 is 1.76 bits per heavy atom. The highest BCUT2D eigenvalue weighted by Gasteiger charge is 2.20. The second-order valence-electron chi connectivity index (χ2n) is 25.6. The van der Waals surface area contributed by atoms with Crippen LogP contribution in [0.5, 0.6) is 6.01 Å². The van der Waals surface area contributed by atoms with Crippen LogP contribution in [0.15, 0.2) is 53.4 Å². The number of allylic oxidation sites excluding steroid dienone is 2. The second-order valence-corrected chi connectivity index (χ2v) is 25.6. The van der Waals surface area contributed by atoms with Gasteiger partial charge < -0.3 is 43.8 Å². The van der Waals surface area contributed by atoms with Crippen molar-refractivity contribution in [3.8, 4) is 6.01 Å². The van der Waals surface area contributed by atoms with Gasteiger partial charge in [0.05, 0.1) is 32.5 Å². The average Bonchev–Trinajstić information content (AvgIpc) is 1.68. The summed E-state index contributed by atoms with van der Waals surface area (Å²) in [7, 11) is 3.59. The van der Waals surface area contributed by atoms with Gasteiger partial charge in [-0.3, -0.25) is 28.8 Å². The van der Waals surface area contributed by atoms with Gasteiger partial charge >= 0.3 is 29.6 Å². The lowest BCUT2D eigenvalue weighted by Crippen LogP contribution is -2.38. The van der Waals surface area contributed by atoms with Crippen LogP contribution >= 0.6 is 0 Å². The van der Waals surface area contributed by atoms with E-state index in [2.05, 4.69) is 74.9 Å². The Bertz CT molecular complexity index is 2510. The summed E-state index contributed by atoms with van der Waals surface area (Å²) in [5, 5.41) is 3.00. The van der Waals surface area contributed by atoms with Crippen LogP contribution in [0.25, 0.3) is 11.2 Å². The molecule has 0 radical (unpaired) electrons. The number of aryl methyl sites for hydroxylation is 1. The average molecular weight is 1300 g/mol. The number of H-pyrrole nitrogens is 1. The van der Waals surface area contributed by atoms with Crippen molar-refractivity contribution in [3.63, 3.8) is 0 Å². The maximum Gasteiger partial charge on any atom is 0.337 e. The number of ether oxygens (including phenoxy) is 5. The van der Waals surface area contributed by atoms with Crippen LogP contribution in [0.1, 0.15) is 249 Å². The smallest absolute Gasteiger partial charge is 0.337 e. The normalized spacial score (nSPS) is 13.0. The van der Waals surface area contributed by atoms with E-state index in [4.69, 9.17) is 28.7 Å². The number of methoxy groups -OCH3 is 1. The first-order valence-electron chi connectivity index (χ1n) is 36.7. The van der Waals surface area contributed by atoms with Gasteiger partial charge in [0.1, 0.15) is 18.7 Å². The first-order chi connectivity index (χ1) is 45.5. The topological polar surface area (TPSA) is 203 Å². The zero-order valence-corrected chi connectivity index (χ0v) is 58.7. The fraction of sp³-hybridized carbons (Fsp3) is 0.743. The molecule has 0 saturated carbocycles. The number of fused-ring (bicyclic) bond motifs is 1. The molecule has 1 amide bonds. The highest BCUT2D eigenvalue weighted by Crippen LogP contribution is 2.23. The van der Waals surface area contributed by atoms with Crippen molar-refractivity contribution < 1.29 is 42.9 Å². The third-order valence-corrected chi connectivity index (χ3v) is 17.4. The van der Waals surface area contributed by atoms with E-state index in [0.717, 1.165) is 174 Å². The molecular weight excluding hydrogens is 1170 g/mol. The van der Waals surface area contributed by atoms with E-state index in [-0.39, 0.29) is 41.3 Å². The van der Waals surface area contributed by atoms with Crippen molar-refractivity contribution in [2.24, 2.45) is 0 Å². The molecule has 1 aliphatic heterocycles. The zero-order chi connectivity index (χ0) is 66.6. The Labute approximate surface area is 560 Å². The number of carbonyl (C=O) groups is 4. The molecule has 3 heterocycles. The second kappa shape index (κ2) is 52.8. The molecule has 2 N–H and O–H groups in total. The lowest BCUT2D eigenvalue weighted by molar-refractivity contribution is -0.143. The molecule has 526 valence electrons. The van der Waals surface area contributed by atoms with Crippen LogP contribution in [0.2, 0.25) is 0 Å². The first kappa shape index (κ1) is 80.0. The summed E-state index contributed by atoms with van der Waals surface area (Å²) in [6.45, 7) is 19.8. The van der Waals surface area contributed by atoms with E-state index < -0.39 is 0 Å². The Kier molecular flexibility index (Phi) is 45.4. The van der Waals surface area contributed by atoms with Gasteiger partial charge in [0.25, 0.3) is 0 Å². The lowest BCUT2D eigenvalue weighted by Gasteiger charge is -2.28. The van der Waals surface area contributed by atoms with Crippen molar-refractivity contribution in [2.45, 2.75) is 246 Å². The standard InChI is InChI=1S/C74H125N9O10/c1-6-9-12-14-20-26-35-58-91-67(85)44-30-22-16-18-24-33-48-80(49-34-25-19-17-23-31-45-68(86)92-59-36-27-21-15-13-10-7-2)50-38-47-79(4)46-32-28-29-43-66(84)75-70-69-71(78-73(77-70)93-57-11-8-3)83(74(88)76-69)54-40-53-82(52-39-51-81-55-60-90-61-56-81)63-64-41-37-42-65(62-64)72(87)89-5/h26-27,35-37,41-42,62H,6-25,28-34,38-40,43-61,63H2,1-5H3,(H,76,88)(H,75,77,78,84)/b35-26+,36-27+. The Hall–Kier alpha value is -5.47. The number of aromatic nitrogens is 4. The predicted octanol–water partition coefficient (Wildman–Crippen LogP) is 14.4. The van der Waals surface area contributed by atoms with Gasteiger partial charge in [-0.1, -0.05) is 160 Å². The number of anilines is 1. The number of rotatable bonds is 58. The number of unbranched alkanes of at least 4 members (excludes halogenated alkanes) is 21. The number of nitrogens with zero attached hydrogens (tertiary/aromatic N) is 7. The number of morpholine rings is 1. The van der Waals surface area contributed by atoms with Crippen molar-refractivity contribution in [2.75, 3.05) is 118 Å². The molecule has 0 bridgehead atoms. The fourth-order valence-corrected chi connectivity index (χ4v) is 11.8. The van der Waals surface area contributed by atoms with Crippen LogP contribution in [-0.4, -0.2) is 176 Å². The van der Waals surface area contributed by atoms with E-state index in [9.17, 15) is 24.0 Å². The number of aromatic amines is 1. The minimum atomic E-state index is -0.369. The van der Waals surface area contributed by atoms with E-state index in [0.29, 0.717) is 81.9 Å². The number of hydrogen-bond acceptors (Lipinski definition) is 16. The summed E-state index contributed by atoms with van der Waals surface area (Å²) < 4.78 is 29.0. The van der Waals surface area contributed by atoms with Crippen LogP contribution in [0.4, 0.5) is 5.82 Å². The molecule has 0 spiro atoms. The van der Waals surface area contributed by atoms with Crippen molar-refractivity contribution in [1.29, 1.82) is 0 Å². The Balaban J connectivity index is 1.20. The number of imidazole rings is 1. The third-order valence-electron chi connectivity index (χ3n) is 17.4. The summed E-state index contributed by atoms with van der Waals surface area (Å²) in [5.41, 5.74) is 1.96. The van der Waals surface area contributed by atoms with E-state index in [1.165, 1.54) is 97.0 Å². The van der Waals surface area contributed by atoms with Crippen LogP contribution in [-0.2, 0) is 46.4 Å². The lowest BCUT2D eigenvalue weighted by atomic mass is 10.1. The Morgan fingerprint density at radius 1 is 0.602 bits per heavy atom. The van der Waals surface area contributed by atoms with E-state index in [1.807, 2.05) is 30.4 Å². The van der Waals surface area contributed by atoms with Crippen molar-refractivity contribution in [3.05, 3.63) is 70.2 Å². The van der Waals surface area contributed by atoms with Gasteiger partial charge in [0.15, 0.2) is 11.5 Å². The SMILES string of the molecule is CCCCCC/C=C/COC(=O)CCCCCCCCN(CCCCCCCCC(=O)OC/C=C/CCCCCC)CCCN(C)CCCCCC(=O)Nc1nc(OCCCC)nc2c1[nH]c(=O)n2CCCN(CCCN1CCOCC1)Cc1cccc(C(=O)OC)c1. The van der Waals surface area contributed by atoms with E-state index in [1.54, 1.807) is 10.6 Å². The van der Waals surface area contributed by atoms with Crippen LogP contribution in [0.3, 0.4) is 0 Å². The summed E-state index contributed by atoms with van der Waals surface area (Å²) in [4.78, 5) is 86.3. The third kappa shape index (κ3) is 38.0. The molecular formula is C74H125N9O10. The molecule has 1 aliphatic rings. The minimum Gasteiger partial charge on any atom is -0.465 e. The minimum absolute atomic E-state index is 0.0890. The van der Waals surface area contributed by atoms with Crippen molar-refractivity contribution >= 4 is 40.8 Å². The molecule has 0 unspecified atom stereocenters. The molecule has 0 atom stereocenters. The molecule has 19 heteroatoms. The zero-order valence-electron chi connectivity index (χ0n) is 58.7. The monoisotopic (exact) mass is 1300 g/mol. The van der Waals surface area contributed by atoms with Gasteiger partial charge in [-0.15, -0.1) is 0 Å². The molecule has 93 heavy (non-hydrogen) atoms. The summed E-state index contributed by atoms with van der Waals surface area (Å²) >= 11 is 0. The number of benzene rings is 1. The number of carbonyl (C=O) groups excluding carboxylic acids is 4. The molecule has 0 aliphatic carbocycles. The molecule has 2 aromatic heterocycles. The molecule has 19 nitrogen and oxygen atoms in total. The summed E-state index contributed by atoms with van der Waals surface area (Å²) in [5.74, 6) is -0.476. The van der Waals surface area contributed by atoms with Crippen LogP contribution in [0, 0.1) is 0 Å². The molecule has 1 aromatic carbocycles. The summed E-state index contributed by atoms with van der Waals surface area (Å²) in [6.07, 6.45) is 42.0. The van der Waals surface area contributed by atoms with Crippen LogP contribution < -0.4 is 15.7 Å². The van der Waals surface area contributed by atoms with E-state index >= 15 is 0 Å². The van der Waals surface area contributed by atoms with Gasteiger partial charge in [0.2, 0.25) is 5.91 Å². The largest absolute Gasteiger partial charge is 0.465 e. The highest BCUT2D eigenvalue weighted by atomic mass is 16.5. The number of nitrogens with one attached hydrogen (secondary N) is 2. The quantitative estimate of drug-likeness (QED) is 0.0233. The van der Waals surface area contributed by atoms with Gasteiger partial charge in [-0.2, -0.15) is 9.97 Å². The van der Waals surface area contributed by atoms with Gasteiger partial charge in [0, 0.05) is 52.0 Å². The Morgan fingerprint density at radius 2 is 1.14 bits per heavy atom. The van der Waals surface area contributed by atoms with Gasteiger partial charge in [-0.05, 0) is 160 Å². The summed E-state index contributed by atoms with van der Waals surface area (Å²) in [6, 6.07) is 7.67. The highest BCUT2D eigenvalue weighted by molar-refractivity contribution is 5.97. The maximum absolute atomic E-state index is 13.7.